The SMILES string of the molecule is OC1(C2CC2)CN(CC=CCl)C1. The number of β-amino-alcohol motifs (C(OH)–C–C–N with tert-alkyl or cyclic N) is 1. The molecule has 0 bridgehead atoms. The molecular formula is C9H14ClNO. The summed E-state index contributed by atoms with van der Waals surface area (Å²) in [7, 11) is 0. The van der Waals surface area contributed by atoms with Crippen molar-refractivity contribution in [1.29, 1.82) is 0 Å². The average Bonchev–Trinajstić information content (AvgIpc) is 2.77. The predicted octanol–water partition coefficient (Wildman–Crippen LogP) is 1.20. The summed E-state index contributed by atoms with van der Waals surface area (Å²) in [6.45, 7) is 2.54. The molecule has 2 rings (SSSR count). The van der Waals surface area contributed by atoms with E-state index in [0.717, 1.165) is 19.6 Å². The molecule has 0 aromatic carbocycles. The average molecular weight is 188 g/mol. The lowest BCUT2D eigenvalue weighted by Gasteiger charge is -2.46. The van der Waals surface area contributed by atoms with Gasteiger partial charge in [0.1, 0.15) is 0 Å². The minimum atomic E-state index is -0.347. The summed E-state index contributed by atoms with van der Waals surface area (Å²) in [6, 6.07) is 0. The maximum Gasteiger partial charge on any atom is 0.0928 e. The monoisotopic (exact) mass is 187 g/mol. The first kappa shape index (κ1) is 8.54. The second-order valence-electron chi connectivity index (χ2n) is 3.91. The van der Waals surface area contributed by atoms with Crippen molar-refractivity contribution in [2.24, 2.45) is 5.92 Å². The fourth-order valence-electron chi connectivity index (χ4n) is 1.93. The second kappa shape index (κ2) is 3.02. The van der Waals surface area contributed by atoms with E-state index >= 15 is 0 Å². The van der Waals surface area contributed by atoms with Crippen LogP contribution in [0.25, 0.3) is 0 Å². The number of halogens is 1. The number of hydrogen-bond acceptors (Lipinski definition) is 2. The highest BCUT2D eigenvalue weighted by atomic mass is 35.5. The van der Waals surface area contributed by atoms with Crippen LogP contribution in [0.3, 0.4) is 0 Å². The first-order valence-corrected chi connectivity index (χ1v) is 4.88. The van der Waals surface area contributed by atoms with Gasteiger partial charge < -0.3 is 5.11 Å². The van der Waals surface area contributed by atoms with Gasteiger partial charge in [0.2, 0.25) is 0 Å². The Labute approximate surface area is 77.8 Å². The van der Waals surface area contributed by atoms with E-state index in [1.54, 1.807) is 0 Å². The number of aliphatic hydroxyl groups is 1. The Balaban J connectivity index is 1.74. The first-order chi connectivity index (χ1) is 5.74. The standard InChI is InChI=1S/C9H14ClNO/c10-4-1-5-11-6-9(12,7-11)8-2-3-8/h1,4,8,12H,2-3,5-7H2. The van der Waals surface area contributed by atoms with Crippen LogP contribution in [0.15, 0.2) is 11.6 Å². The van der Waals surface area contributed by atoms with Crippen LogP contribution >= 0.6 is 11.6 Å². The molecule has 1 N–H and O–H groups in total. The van der Waals surface area contributed by atoms with Crippen molar-refractivity contribution in [3.05, 3.63) is 11.6 Å². The molecule has 0 radical (unpaired) electrons. The van der Waals surface area contributed by atoms with Gasteiger partial charge in [-0.05, 0) is 18.8 Å². The van der Waals surface area contributed by atoms with Crippen LogP contribution in [-0.2, 0) is 0 Å². The largest absolute Gasteiger partial charge is 0.387 e. The normalized spacial score (nSPS) is 29.2. The zero-order chi connectivity index (χ0) is 8.60. The number of hydrogen-bond donors (Lipinski definition) is 1. The van der Waals surface area contributed by atoms with Crippen LogP contribution in [0.2, 0.25) is 0 Å². The maximum absolute atomic E-state index is 9.92. The van der Waals surface area contributed by atoms with E-state index < -0.39 is 0 Å². The van der Waals surface area contributed by atoms with E-state index in [-0.39, 0.29) is 5.60 Å². The van der Waals surface area contributed by atoms with Crippen molar-refractivity contribution in [1.82, 2.24) is 4.90 Å². The topological polar surface area (TPSA) is 23.5 Å². The molecule has 2 fully saturated rings. The highest BCUT2D eigenvalue weighted by Crippen LogP contribution is 2.44. The Morgan fingerprint density at radius 1 is 1.50 bits per heavy atom. The summed E-state index contributed by atoms with van der Waals surface area (Å²) >= 11 is 5.40. The van der Waals surface area contributed by atoms with Crippen molar-refractivity contribution >= 4 is 11.6 Å². The maximum atomic E-state index is 9.92. The highest BCUT2D eigenvalue weighted by molar-refractivity contribution is 6.25. The van der Waals surface area contributed by atoms with Gasteiger partial charge in [0, 0.05) is 25.2 Å². The van der Waals surface area contributed by atoms with Crippen LogP contribution in [0.4, 0.5) is 0 Å². The Morgan fingerprint density at radius 3 is 2.67 bits per heavy atom. The Kier molecular flexibility index (Phi) is 2.15. The molecule has 2 aliphatic rings. The van der Waals surface area contributed by atoms with Crippen molar-refractivity contribution in [2.75, 3.05) is 19.6 Å². The molecule has 1 heterocycles. The van der Waals surface area contributed by atoms with Gasteiger partial charge in [0.05, 0.1) is 5.60 Å². The summed E-state index contributed by atoms with van der Waals surface area (Å²) < 4.78 is 0. The Bertz CT molecular complexity index is 195. The van der Waals surface area contributed by atoms with Crippen LogP contribution in [0, 0.1) is 5.92 Å². The highest BCUT2D eigenvalue weighted by Gasteiger charge is 2.51. The third kappa shape index (κ3) is 1.51. The van der Waals surface area contributed by atoms with E-state index in [4.69, 9.17) is 11.6 Å². The summed E-state index contributed by atoms with van der Waals surface area (Å²) in [6.07, 6.45) is 4.35. The van der Waals surface area contributed by atoms with Crippen molar-refractivity contribution in [3.63, 3.8) is 0 Å². The molecule has 1 aliphatic carbocycles. The van der Waals surface area contributed by atoms with Gasteiger partial charge in [0.25, 0.3) is 0 Å². The van der Waals surface area contributed by atoms with Gasteiger partial charge in [-0.25, -0.2) is 0 Å². The fraction of sp³-hybridized carbons (Fsp3) is 0.778. The quantitative estimate of drug-likeness (QED) is 0.718. The van der Waals surface area contributed by atoms with Gasteiger partial charge in [-0.3, -0.25) is 4.90 Å². The van der Waals surface area contributed by atoms with E-state index in [0.29, 0.717) is 5.92 Å². The fourth-order valence-corrected chi connectivity index (χ4v) is 2.00. The van der Waals surface area contributed by atoms with Gasteiger partial charge in [-0.1, -0.05) is 17.7 Å². The smallest absolute Gasteiger partial charge is 0.0928 e. The molecule has 0 unspecified atom stereocenters. The van der Waals surface area contributed by atoms with E-state index in [9.17, 15) is 5.11 Å². The Morgan fingerprint density at radius 2 is 2.17 bits per heavy atom. The van der Waals surface area contributed by atoms with Crippen LogP contribution in [-0.4, -0.2) is 35.2 Å². The van der Waals surface area contributed by atoms with Gasteiger partial charge in [-0.15, -0.1) is 0 Å². The molecular weight excluding hydrogens is 174 g/mol. The molecule has 0 aromatic rings. The third-order valence-corrected chi connectivity index (χ3v) is 2.96. The number of nitrogens with zero attached hydrogens (tertiary/aromatic N) is 1. The lowest BCUT2D eigenvalue weighted by atomic mass is 9.89. The lowest BCUT2D eigenvalue weighted by molar-refractivity contribution is -0.108. The summed E-state index contributed by atoms with van der Waals surface area (Å²) in [5.41, 5.74) is 1.19. The molecule has 1 saturated heterocycles. The zero-order valence-corrected chi connectivity index (χ0v) is 7.80. The first-order valence-electron chi connectivity index (χ1n) is 4.44. The summed E-state index contributed by atoms with van der Waals surface area (Å²) in [4.78, 5) is 2.21. The van der Waals surface area contributed by atoms with E-state index in [2.05, 4.69) is 4.90 Å². The third-order valence-electron chi connectivity index (χ3n) is 2.78. The molecule has 3 heteroatoms. The molecule has 0 amide bonds. The number of likely N-dealkylation sites (tertiary alicyclic amines) is 1. The molecule has 1 aliphatic heterocycles. The van der Waals surface area contributed by atoms with Crippen molar-refractivity contribution < 1.29 is 5.11 Å². The lowest BCUT2D eigenvalue weighted by Crippen LogP contribution is -2.62. The van der Waals surface area contributed by atoms with Crippen molar-refractivity contribution in [2.45, 2.75) is 18.4 Å². The summed E-state index contributed by atoms with van der Waals surface area (Å²) in [5.74, 6) is 0.591. The minimum Gasteiger partial charge on any atom is -0.387 e. The molecule has 68 valence electrons. The number of rotatable bonds is 3. The van der Waals surface area contributed by atoms with Crippen LogP contribution in [0.5, 0.6) is 0 Å². The van der Waals surface area contributed by atoms with E-state index in [1.165, 1.54) is 18.4 Å². The summed E-state index contributed by atoms with van der Waals surface area (Å²) in [5, 5.41) is 9.92. The minimum absolute atomic E-state index is 0.347. The van der Waals surface area contributed by atoms with Gasteiger partial charge in [0.15, 0.2) is 0 Å². The predicted molar refractivity (Wildman–Crippen MR) is 49.1 cm³/mol. The second-order valence-corrected chi connectivity index (χ2v) is 4.16. The van der Waals surface area contributed by atoms with Crippen LogP contribution in [0.1, 0.15) is 12.8 Å². The molecule has 0 aromatic heterocycles. The molecule has 0 spiro atoms. The molecule has 0 atom stereocenters. The van der Waals surface area contributed by atoms with Crippen molar-refractivity contribution in [3.8, 4) is 0 Å². The van der Waals surface area contributed by atoms with Crippen LogP contribution < -0.4 is 0 Å². The molecule has 12 heavy (non-hydrogen) atoms. The zero-order valence-electron chi connectivity index (χ0n) is 7.04. The molecule has 2 nitrogen and oxygen atoms in total. The van der Waals surface area contributed by atoms with Gasteiger partial charge >= 0.3 is 0 Å². The molecule has 1 saturated carbocycles. The van der Waals surface area contributed by atoms with E-state index in [1.807, 2.05) is 6.08 Å². The van der Waals surface area contributed by atoms with Gasteiger partial charge in [-0.2, -0.15) is 0 Å². The Hall–Kier alpha value is -0.0500.